The lowest BCUT2D eigenvalue weighted by atomic mass is 10.2. The van der Waals surface area contributed by atoms with Crippen molar-refractivity contribution in [2.75, 3.05) is 14.2 Å². The highest BCUT2D eigenvalue weighted by Crippen LogP contribution is 2.34. The molecular weight excluding hydrogens is 216 g/mol. The Balaban J connectivity index is 2.76. The summed E-state index contributed by atoms with van der Waals surface area (Å²) in [6, 6.07) is 5.94. The number of ether oxygens (including phenoxy) is 2. The second kappa shape index (κ2) is 4.30. The van der Waals surface area contributed by atoms with Crippen molar-refractivity contribution in [3.8, 4) is 11.5 Å². The second-order valence-corrected chi connectivity index (χ2v) is 4.18. The van der Waals surface area contributed by atoms with E-state index in [1.807, 2.05) is 26.1 Å². The number of methoxy groups -OCH3 is 2. The van der Waals surface area contributed by atoms with E-state index in [0.717, 1.165) is 28.1 Å². The summed E-state index contributed by atoms with van der Waals surface area (Å²) >= 11 is 0. The van der Waals surface area contributed by atoms with Gasteiger partial charge in [-0.25, -0.2) is 0 Å². The topological polar surface area (TPSA) is 49.4 Å². The molecule has 1 heterocycles. The third-order valence-electron chi connectivity index (χ3n) is 3.03. The Morgan fingerprint density at radius 1 is 1.18 bits per heavy atom. The van der Waals surface area contributed by atoms with E-state index >= 15 is 0 Å². The fourth-order valence-corrected chi connectivity index (χ4v) is 2.17. The van der Waals surface area contributed by atoms with Gasteiger partial charge in [-0.3, -0.25) is 0 Å². The molecule has 0 spiro atoms. The van der Waals surface area contributed by atoms with Gasteiger partial charge in [0.15, 0.2) is 0 Å². The Bertz CT molecular complexity index is 544. The molecule has 0 aliphatic rings. The Kier molecular flexibility index (Phi) is 2.98. The summed E-state index contributed by atoms with van der Waals surface area (Å²) in [7, 11) is 5.30. The highest BCUT2D eigenvalue weighted by Gasteiger charge is 2.14. The number of benzene rings is 1. The minimum absolute atomic E-state index is 0.0110. The van der Waals surface area contributed by atoms with Crippen LogP contribution in [0, 0.1) is 0 Å². The highest BCUT2D eigenvalue weighted by atomic mass is 16.5. The van der Waals surface area contributed by atoms with Gasteiger partial charge in [-0.15, -0.1) is 0 Å². The van der Waals surface area contributed by atoms with Gasteiger partial charge in [-0.2, -0.15) is 0 Å². The molecule has 4 nitrogen and oxygen atoms in total. The Morgan fingerprint density at radius 2 is 1.88 bits per heavy atom. The van der Waals surface area contributed by atoms with Crippen LogP contribution >= 0.6 is 0 Å². The van der Waals surface area contributed by atoms with Crippen molar-refractivity contribution in [1.29, 1.82) is 0 Å². The van der Waals surface area contributed by atoms with Crippen LogP contribution < -0.4 is 15.2 Å². The van der Waals surface area contributed by atoms with Gasteiger partial charge in [-0.05, 0) is 19.1 Å². The molecule has 1 unspecified atom stereocenters. The monoisotopic (exact) mass is 234 g/mol. The Labute approximate surface area is 101 Å². The van der Waals surface area contributed by atoms with E-state index in [4.69, 9.17) is 15.2 Å². The van der Waals surface area contributed by atoms with Gasteiger partial charge >= 0.3 is 0 Å². The third-order valence-corrected chi connectivity index (χ3v) is 3.03. The average Bonchev–Trinajstić information content (AvgIpc) is 2.65. The van der Waals surface area contributed by atoms with Crippen LogP contribution in [0.2, 0.25) is 0 Å². The summed E-state index contributed by atoms with van der Waals surface area (Å²) in [6.07, 6.45) is 0. The maximum atomic E-state index is 5.95. The van der Waals surface area contributed by atoms with Crippen LogP contribution in [0.25, 0.3) is 10.9 Å². The van der Waals surface area contributed by atoms with Crippen LogP contribution in [0.15, 0.2) is 18.2 Å². The van der Waals surface area contributed by atoms with Crippen LogP contribution in [0.5, 0.6) is 11.5 Å². The minimum Gasteiger partial charge on any atom is -0.497 e. The first-order valence-corrected chi connectivity index (χ1v) is 5.55. The van der Waals surface area contributed by atoms with E-state index in [9.17, 15) is 0 Å². The molecule has 92 valence electrons. The zero-order valence-corrected chi connectivity index (χ0v) is 10.7. The second-order valence-electron chi connectivity index (χ2n) is 4.18. The molecule has 0 radical (unpaired) electrons. The first-order chi connectivity index (χ1) is 8.08. The molecule has 0 amide bonds. The molecule has 0 aliphatic carbocycles. The number of nitrogens with two attached hydrogens (primary N) is 1. The van der Waals surface area contributed by atoms with Crippen LogP contribution in [0.3, 0.4) is 0 Å². The van der Waals surface area contributed by atoms with Gasteiger partial charge in [0.05, 0.1) is 19.7 Å². The number of fused-ring (bicyclic) bond motifs is 1. The van der Waals surface area contributed by atoms with Crippen molar-refractivity contribution in [1.82, 2.24) is 4.57 Å². The van der Waals surface area contributed by atoms with Crippen molar-refractivity contribution in [2.45, 2.75) is 13.0 Å². The molecule has 0 aliphatic heterocycles. The smallest absolute Gasteiger partial charge is 0.146 e. The van der Waals surface area contributed by atoms with E-state index < -0.39 is 0 Å². The number of aryl methyl sites for hydroxylation is 1. The van der Waals surface area contributed by atoms with Crippen LogP contribution in [-0.4, -0.2) is 18.8 Å². The minimum atomic E-state index is -0.0110. The molecule has 2 N–H and O–H groups in total. The predicted molar refractivity (Wildman–Crippen MR) is 68.6 cm³/mol. The molecule has 1 aromatic heterocycles. The number of aromatic nitrogens is 1. The molecule has 1 aromatic carbocycles. The quantitative estimate of drug-likeness (QED) is 0.885. The molecule has 0 saturated heterocycles. The average molecular weight is 234 g/mol. The fourth-order valence-electron chi connectivity index (χ4n) is 2.17. The van der Waals surface area contributed by atoms with Gasteiger partial charge in [-0.1, -0.05) is 0 Å². The van der Waals surface area contributed by atoms with Gasteiger partial charge in [0.1, 0.15) is 11.5 Å². The van der Waals surface area contributed by atoms with E-state index in [-0.39, 0.29) is 6.04 Å². The zero-order chi connectivity index (χ0) is 12.6. The van der Waals surface area contributed by atoms with Crippen LogP contribution in [-0.2, 0) is 7.05 Å². The number of hydrogen-bond acceptors (Lipinski definition) is 3. The van der Waals surface area contributed by atoms with Gasteiger partial charge < -0.3 is 19.8 Å². The Morgan fingerprint density at radius 3 is 2.41 bits per heavy atom. The lowest BCUT2D eigenvalue weighted by Gasteiger charge is -2.10. The zero-order valence-electron chi connectivity index (χ0n) is 10.7. The van der Waals surface area contributed by atoms with Crippen LogP contribution in [0.4, 0.5) is 0 Å². The van der Waals surface area contributed by atoms with E-state index in [1.54, 1.807) is 14.2 Å². The molecule has 2 aromatic rings. The summed E-state index contributed by atoms with van der Waals surface area (Å²) in [4.78, 5) is 0. The van der Waals surface area contributed by atoms with Gasteiger partial charge in [0.2, 0.25) is 0 Å². The molecule has 0 bridgehead atoms. The number of rotatable bonds is 3. The van der Waals surface area contributed by atoms with E-state index in [2.05, 4.69) is 10.6 Å². The molecule has 4 heteroatoms. The predicted octanol–water partition coefficient (Wildman–Crippen LogP) is 2.22. The lowest BCUT2D eigenvalue weighted by Crippen LogP contribution is -2.09. The fraction of sp³-hybridized carbons (Fsp3) is 0.385. The van der Waals surface area contributed by atoms with Crippen molar-refractivity contribution in [3.05, 3.63) is 23.9 Å². The number of hydrogen-bond donors (Lipinski definition) is 1. The molecule has 2 rings (SSSR count). The van der Waals surface area contributed by atoms with Crippen molar-refractivity contribution < 1.29 is 9.47 Å². The maximum Gasteiger partial charge on any atom is 0.146 e. The van der Waals surface area contributed by atoms with Crippen molar-refractivity contribution >= 4 is 10.9 Å². The number of nitrogens with zero attached hydrogens (tertiary/aromatic N) is 1. The molecule has 1 atom stereocenters. The first kappa shape index (κ1) is 11.8. The largest absolute Gasteiger partial charge is 0.497 e. The summed E-state index contributed by atoms with van der Waals surface area (Å²) < 4.78 is 12.7. The van der Waals surface area contributed by atoms with Crippen molar-refractivity contribution in [2.24, 2.45) is 12.8 Å². The maximum absolute atomic E-state index is 5.95. The van der Waals surface area contributed by atoms with Gasteiger partial charge in [0, 0.05) is 30.2 Å². The van der Waals surface area contributed by atoms with E-state index in [1.165, 1.54) is 0 Å². The highest BCUT2D eigenvalue weighted by molar-refractivity contribution is 5.88. The summed E-state index contributed by atoms with van der Waals surface area (Å²) in [5.41, 5.74) is 8.07. The van der Waals surface area contributed by atoms with Crippen molar-refractivity contribution in [3.63, 3.8) is 0 Å². The third kappa shape index (κ3) is 1.85. The lowest BCUT2D eigenvalue weighted by molar-refractivity contribution is 0.397. The summed E-state index contributed by atoms with van der Waals surface area (Å²) in [5.74, 6) is 1.59. The molecule has 17 heavy (non-hydrogen) atoms. The van der Waals surface area contributed by atoms with E-state index in [0.29, 0.717) is 0 Å². The van der Waals surface area contributed by atoms with Crippen LogP contribution in [0.1, 0.15) is 18.7 Å². The normalized spacial score (nSPS) is 12.8. The standard InChI is InChI=1S/C13H18N2O2/c1-8(14)11-6-9-5-10(16-3)7-12(17-4)13(9)15(11)2/h5-8H,14H2,1-4H3. The Hall–Kier alpha value is -1.68. The molecule has 0 fully saturated rings. The SMILES string of the molecule is COc1cc(OC)c2c(c1)cc(C(C)N)n2C. The summed E-state index contributed by atoms with van der Waals surface area (Å²) in [5, 5.41) is 1.08. The van der Waals surface area contributed by atoms with Gasteiger partial charge in [0.25, 0.3) is 0 Å². The molecular formula is C13H18N2O2. The summed E-state index contributed by atoms with van der Waals surface area (Å²) in [6.45, 7) is 1.97. The molecule has 0 saturated carbocycles. The first-order valence-electron chi connectivity index (χ1n) is 5.55.